The van der Waals surface area contributed by atoms with Crippen LogP contribution in [0.4, 0.5) is 10.1 Å². The number of sulfonamides is 1. The Hall–Kier alpha value is -3.57. The minimum atomic E-state index is -4.19. The number of anilines is 1. The Morgan fingerprint density at radius 1 is 0.977 bits per heavy atom. The first-order valence-electron chi connectivity index (χ1n) is 14.9. The fourth-order valence-corrected chi connectivity index (χ4v) is 7.04. The van der Waals surface area contributed by atoms with E-state index in [4.69, 9.17) is 4.74 Å². The van der Waals surface area contributed by atoms with Crippen molar-refractivity contribution < 1.29 is 27.1 Å². The molecule has 3 aromatic carbocycles. The molecule has 1 unspecified atom stereocenters. The molecular weight excluding hydrogens is 602 g/mol. The highest BCUT2D eigenvalue weighted by Gasteiger charge is 2.33. The van der Waals surface area contributed by atoms with Crippen LogP contribution in [0.3, 0.4) is 0 Å². The topological polar surface area (TPSA) is 96.0 Å². The van der Waals surface area contributed by atoms with E-state index >= 15 is 0 Å². The third-order valence-corrected chi connectivity index (χ3v) is 10.3. The molecule has 0 radical (unpaired) electrons. The van der Waals surface area contributed by atoms with Gasteiger partial charge in [-0.25, -0.2) is 12.8 Å². The van der Waals surface area contributed by atoms with Crippen molar-refractivity contribution in [3.05, 3.63) is 84.2 Å². The van der Waals surface area contributed by atoms with Crippen molar-refractivity contribution in [1.82, 2.24) is 10.2 Å². The zero-order valence-electron chi connectivity index (χ0n) is 25.4. The number of benzene rings is 3. The molecule has 11 heteroatoms. The molecule has 1 aliphatic carbocycles. The predicted molar refractivity (Wildman–Crippen MR) is 172 cm³/mol. The summed E-state index contributed by atoms with van der Waals surface area (Å²) in [6.45, 7) is 3.38. The van der Waals surface area contributed by atoms with Crippen LogP contribution in [0.15, 0.2) is 82.6 Å². The van der Waals surface area contributed by atoms with E-state index in [1.807, 2.05) is 13.2 Å². The lowest BCUT2D eigenvalue weighted by Crippen LogP contribution is -2.53. The van der Waals surface area contributed by atoms with E-state index in [1.54, 1.807) is 55.5 Å². The number of rotatable bonds is 13. The molecule has 0 aliphatic heterocycles. The van der Waals surface area contributed by atoms with E-state index in [0.29, 0.717) is 17.9 Å². The quantitative estimate of drug-likeness (QED) is 0.230. The predicted octanol–water partition coefficient (Wildman–Crippen LogP) is 6.01. The number of thioether (sulfide) groups is 1. The molecule has 8 nitrogen and oxygen atoms in total. The third-order valence-electron chi connectivity index (χ3n) is 7.75. The fourth-order valence-electron chi connectivity index (χ4n) is 5.22. The zero-order chi connectivity index (χ0) is 31.7. The maximum absolute atomic E-state index is 14.1. The third kappa shape index (κ3) is 8.53. The van der Waals surface area contributed by atoms with Crippen LogP contribution < -0.4 is 14.4 Å². The molecular formula is C33H40FN3O5S2. The van der Waals surface area contributed by atoms with Crippen molar-refractivity contribution in [2.24, 2.45) is 0 Å². The van der Waals surface area contributed by atoms with Crippen LogP contribution in [0.5, 0.6) is 5.75 Å². The van der Waals surface area contributed by atoms with E-state index in [1.165, 1.54) is 40.9 Å². The molecule has 0 heterocycles. The van der Waals surface area contributed by atoms with Gasteiger partial charge >= 0.3 is 0 Å². The molecule has 1 atom stereocenters. The first-order chi connectivity index (χ1) is 21.1. The van der Waals surface area contributed by atoms with Gasteiger partial charge in [0.25, 0.3) is 10.0 Å². The summed E-state index contributed by atoms with van der Waals surface area (Å²) >= 11 is 1.49. The van der Waals surface area contributed by atoms with Crippen molar-refractivity contribution in [3.8, 4) is 5.75 Å². The molecule has 44 heavy (non-hydrogen) atoms. The molecule has 0 saturated heterocycles. The molecule has 236 valence electrons. The highest BCUT2D eigenvalue weighted by Crippen LogP contribution is 2.28. The summed E-state index contributed by atoms with van der Waals surface area (Å²) < 4.78 is 48.4. The van der Waals surface area contributed by atoms with Crippen molar-refractivity contribution >= 4 is 39.3 Å². The van der Waals surface area contributed by atoms with Crippen molar-refractivity contribution in [2.45, 2.75) is 74.4 Å². The standard InChI is InChI=1S/C33H40FN3O5S2/c1-4-42-29-16-14-28(15-17-29)37(44(40,41)31-20-18-30(43-3)19-21-31)23-32(38)36(22-25-10-12-26(34)13-11-25)24(2)33(39)35-27-8-6-5-7-9-27/h10-21,24,27H,4-9,22-23H2,1-3H3,(H,35,39). The first kappa shape index (κ1) is 33.3. The molecule has 0 spiro atoms. The Morgan fingerprint density at radius 3 is 2.20 bits per heavy atom. The summed E-state index contributed by atoms with van der Waals surface area (Å²) in [5.41, 5.74) is 0.886. The summed E-state index contributed by atoms with van der Waals surface area (Å²) in [6, 6.07) is 17.8. The lowest BCUT2D eigenvalue weighted by molar-refractivity contribution is -0.139. The van der Waals surface area contributed by atoms with Gasteiger partial charge in [0.1, 0.15) is 24.2 Å². The first-order valence-corrected chi connectivity index (χ1v) is 17.5. The van der Waals surface area contributed by atoms with Gasteiger partial charge in [0.2, 0.25) is 11.8 Å². The number of ether oxygens (including phenoxy) is 1. The Bertz CT molecular complexity index is 1490. The monoisotopic (exact) mass is 641 g/mol. The highest BCUT2D eigenvalue weighted by molar-refractivity contribution is 7.98. The van der Waals surface area contributed by atoms with Gasteiger partial charge in [0.05, 0.1) is 17.2 Å². The van der Waals surface area contributed by atoms with E-state index in [2.05, 4.69) is 5.32 Å². The fraction of sp³-hybridized carbons (Fsp3) is 0.394. The van der Waals surface area contributed by atoms with Crippen molar-refractivity contribution in [2.75, 3.05) is 23.7 Å². The van der Waals surface area contributed by atoms with Crippen LogP contribution >= 0.6 is 11.8 Å². The smallest absolute Gasteiger partial charge is 0.264 e. The van der Waals surface area contributed by atoms with E-state index in [0.717, 1.165) is 41.3 Å². The number of carbonyl (C=O) groups excluding carboxylic acids is 2. The second-order valence-electron chi connectivity index (χ2n) is 10.8. The van der Waals surface area contributed by atoms with E-state index in [-0.39, 0.29) is 29.1 Å². The molecule has 1 aliphatic rings. The average Bonchev–Trinajstić information content (AvgIpc) is 3.04. The Labute approximate surface area is 264 Å². The number of amides is 2. The van der Waals surface area contributed by atoms with Crippen LogP contribution in [0, 0.1) is 5.82 Å². The number of hydrogen-bond acceptors (Lipinski definition) is 6. The summed E-state index contributed by atoms with van der Waals surface area (Å²) in [5.74, 6) is -0.737. The zero-order valence-corrected chi connectivity index (χ0v) is 27.0. The Kier molecular flexibility index (Phi) is 11.7. The summed E-state index contributed by atoms with van der Waals surface area (Å²) in [6.07, 6.45) is 6.85. The molecule has 0 aromatic heterocycles. The largest absolute Gasteiger partial charge is 0.494 e. The number of hydrogen-bond donors (Lipinski definition) is 1. The van der Waals surface area contributed by atoms with Gasteiger partial charge in [-0.1, -0.05) is 31.4 Å². The summed E-state index contributed by atoms with van der Waals surface area (Å²) in [5, 5.41) is 3.08. The molecule has 2 amide bonds. The van der Waals surface area contributed by atoms with Crippen LogP contribution in [-0.4, -0.2) is 56.6 Å². The molecule has 0 bridgehead atoms. The number of nitrogens with zero attached hydrogens (tertiary/aromatic N) is 2. The molecule has 1 N–H and O–H groups in total. The highest BCUT2D eigenvalue weighted by atomic mass is 32.2. The minimum Gasteiger partial charge on any atom is -0.494 e. The van der Waals surface area contributed by atoms with Crippen LogP contribution in [0.2, 0.25) is 0 Å². The van der Waals surface area contributed by atoms with Gasteiger partial charge in [-0.2, -0.15) is 0 Å². The summed E-state index contributed by atoms with van der Waals surface area (Å²) in [4.78, 5) is 29.8. The van der Waals surface area contributed by atoms with Crippen LogP contribution in [0.1, 0.15) is 51.5 Å². The SMILES string of the molecule is CCOc1ccc(N(CC(=O)N(Cc2ccc(F)cc2)C(C)C(=O)NC2CCCCC2)S(=O)(=O)c2ccc(SC)cc2)cc1. The van der Waals surface area contributed by atoms with Crippen molar-refractivity contribution in [1.29, 1.82) is 0 Å². The minimum absolute atomic E-state index is 0.00203. The molecule has 1 fully saturated rings. The maximum Gasteiger partial charge on any atom is 0.264 e. The Balaban J connectivity index is 1.68. The van der Waals surface area contributed by atoms with Gasteiger partial charge in [0, 0.05) is 17.5 Å². The normalized spacial score (nSPS) is 14.5. The van der Waals surface area contributed by atoms with Crippen molar-refractivity contribution in [3.63, 3.8) is 0 Å². The number of carbonyl (C=O) groups is 2. The van der Waals surface area contributed by atoms with Gasteiger partial charge in [-0.3, -0.25) is 13.9 Å². The maximum atomic E-state index is 14.1. The molecule has 4 rings (SSSR count). The van der Waals surface area contributed by atoms with Gasteiger partial charge in [0.15, 0.2) is 0 Å². The van der Waals surface area contributed by atoms with Gasteiger partial charge in [-0.05, 0) is 99.2 Å². The molecule has 3 aromatic rings. The molecule has 1 saturated carbocycles. The number of halogens is 1. The van der Waals surface area contributed by atoms with Crippen LogP contribution in [-0.2, 0) is 26.2 Å². The lowest BCUT2D eigenvalue weighted by atomic mass is 9.95. The second kappa shape index (κ2) is 15.4. The van der Waals surface area contributed by atoms with Crippen LogP contribution in [0.25, 0.3) is 0 Å². The lowest BCUT2D eigenvalue weighted by Gasteiger charge is -2.33. The van der Waals surface area contributed by atoms with E-state index < -0.39 is 34.3 Å². The van der Waals surface area contributed by atoms with Gasteiger partial charge in [-0.15, -0.1) is 11.8 Å². The average molecular weight is 642 g/mol. The Morgan fingerprint density at radius 2 is 1.61 bits per heavy atom. The second-order valence-corrected chi connectivity index (χ2v) is 13.5. The van der Waals surface area contributed by atoms with Gasteiger partial charge < -0.3 is 15.0 Å². The number of nitrogens with one attached hydrogen (secondary N) is 1. The van der Waals surface area contributed by atoms with E-state index in [9.17, 15) is 22.4 Å². The summed E-state index contributed by atoms with van der Waals surface area (Å²) in [7, 11) is -4.19.